The van der Waals surface area contributed by atoms with E-state index < -0.39 is 6.10 Å². The van der Waals surface area contributed by atoms with Gasteiger partial charge in [0.25, 0.3) is 5.91 Å². The lowest BCUT2D eigenvalue weighted by Crippen LogP contribution is -2.32. The molecule has 0 spiro atoms. The van der Waals surface area contributed by atoms with Crippen molar-refractivity contribution in [3.05, 3.63) is 60.2 Å². The van der Waals surface area contributed by atoms with Crippen LogP contribution in [0.2, 0.25) is 0 Å². The molecular weight excluding hydrogens is 286 g/mol. The van der Waals surface area contributed by atoms with Crippen LogP contribution in [0.1, 0.15) is 38.7 Å². The van der Waals surface area contributed by atoms with E-state index in [-0.39, 0.29) is 5.91 Å². The zero-order valence-electron chi connectivity index (χ0n) is 13.9. The lowest BCUT2D eigenvalue weighted by atomic mass is 10.1. The molecule has 0 aliphatic heterocycles. The van der Waals surface area contributed by atoms with Gasteiger partial charge in [-0.1, -0.05) is 50.6 Å². The Hall–Kier alpha value is -2.29. The SMILES string of the molecule is CCCCc1ccc(NC(=O)[C@@H](CC)Oc2ccccc2)cc1. The van der Waals surface area contributed by atoms with Crippen molar-refractivity contribution in [2.75, 3.05) is 5.32 Å². The van der Waals surface area contributed by atoms with Crippen LogP contribution in [0.4, 0.5) is 5.69 Å². The Labute approximate surface area is 138 Å². The van der Waals surface area contributed by atoms with E-state index in [4.69, 9.17) is 4.74 Å². The van der Waals surface area contributed by atoms with Crippen molar-refractivity contribution in [2.45, 2.75) is 45.6 Å². The Morgan fingerprint density at radius 3 is 2.35 bits per heavy atom. The van der Waals surface area contributed by atoms with E-state index in [1.165, 1.54) is 18.4 Å². The highest BCUT2D eigenvalue weighted by Crippen LogP contribution is 2.16. The standard InChI is InChI=1S/C20H25NO2/c1-3-5-9-16-12-14-17(15-13-16)21-20(22)19(4-2)23-18-10-7-6-8-11-18/h6-8,10-15,19H,3-5,9H2,1-2H3,(H,21,22)/t19-/m1/s1. The highest BCUT2D eigenvalue weighted by atomic mass is 16.5. The molecule has 3 nitrogen and oxygen atoms in total. The normalized spacial score (nSPS) is 11.7. The molecule has 3 heteroatoms. The van der Waals surface area contributed by atoms with Crippen LogP contribution >= 0.6 is 0 Å². The number of nitrogens with one attached hydrogen (secondary N) is 1. The molecule has 122 valence electrons. The van der Waals surface area contributed by atoms with Crippen molar-refractivity contribution >= 4 is 11.6 Å². The Bertz CT molecular complexity index is 593. The summed E-state index contributed by atoms with van der Waals surface area (Å²) in [5.74, 6) is 0.599. The summed E-state index contributed by atoms with van der Waals surface area (Å²) in [7, 11) is 0. The Morgan fingerprint density at radius 1 is 1.04 bits per heavy atom. The minimum absolute atomic E-state index is 0.113. The van der Waals surface area contributed by atoms with Crippen LogP contribution in [0.3, 0.4) is 0 Å². The molecule has 0 saturated carbocycles. The maximum Gasteiger partial charge on any atom is 0.265 e. The maximum absolute atomic E-state index is 12.4. The predicted octanol–water partition coefficient (Wildman–Crippen LogP) is 4.83. The minimum atomic E-state index is -0.489. The molecule has 0 fully saturated rings. The second-order valence-electron chi connectivity index (χ2n) is 5.62. The number of unbranched alkanes of at least 4 members (excludes halogenated alkanes) is 1. The number of anilines is 1. The summed E-state index contributed by atoms with van der Waals surface area (Å²) in [4.78, 5) is 12.4. The van der Waals surface area contributed by atoms with Crippen LogP contribution < -0.4 is 10.1 Å². The van der Waals surface area contributed by atoms with E-state index in [0.29, 0.717) is 12.2 Å². The molecule has 0 radical (unpaired) electrons. The molecular formula is C20H25NO2. The number of rotatable bonds is 8. The Kier molecular flexibility index (Phi) is 6.67. The van der Waals surface area contributed by atoms with Gasteiger partial charge in [0.1, 0.15) is 5.75 Å². The molecule has 2 aromatic rings. The van der Waals surface area contributed by atoms with Gasteiger partial charge in [0.15, 0.2) is 6.10 Å². The molecule has 0 unspecified atom stereocenters. The van der Waals surface area contributed by atoms with Gasteiger partial charge < -0.3 is 10.1 Å². The number of carbonyl (C=O) groups excluding carboxylic acids is 1. The summed E-state index contributed by atoms with van der Waals surface area (Å²) in [5, 5.41) is 2.93. The molecule has 0 aliphatic carbocycles. The molecule has 1 amide bonds. The van der Waals surface area contributed by atoms with Gasteiger partial charge in [-0.2, -0.15) is 0 Å². The average Bonchev–Trinajstić information content (AvgIpc) is 2.60. The van der Waals surface area contributed by atoms with Crippen LogP contribution in [0, 0.1) is 0 Å². The van der Waals surface area contributed by atoms with Crippen molar-refractivity contribution < 1.29 is 9.53 Å². The third-order valence-electron chi connectivity index (χ3n) is 3.73. The average molecular weight is 311 g/mol. The number of hydrogen-bond donors (Lipinski definition) is 1. The molecule has 1 N–H and O–H groups in total. The number of benzene rings is 2. The van der Waals surface area contributed by atoms with Gasteiger partial charge in [-0.15, -0.1) is 0 Å². The molecule has 1 atom stereocenters. The van der Waals surface area contributed by atoms with E-state index in [1.54, 1.807) is 0 Å². The van der Waals surface area contributed by atoms with Crippen LogP contribution in [-0.2, 0) is 11.2 Å². The predicted molar refractivity (Wildman–Crippen MR) is 94.8 cm³/mol. The van der Waals surface area contributed by atoms with Gasteiger partial charge in [-0.05, 0) is 49.1 Å². The van der Waals surface area contributed by atoms with Crippen molar-refractivity contribution in [1.29, 1.82) is 0 Å². The van der Waals surface area contributed by atoms with Crippen LogP contribution in [0.25, 0.3) is 0 Å². The molecule has 0 saturated heterocycles. The van der Waals surface area contributed by atoms with Crippen LogP contribution in [-0.4, -0.2) is 12.0 Å². The number of amides is 1. The lowest BCUT2D eigenvalue weighted by Gasteiger charge is -2.17. The van der Waals surface area contributed by atoms with Crippen molar-refractivity contribution in [3.63, 3.8) is 0 Å². The molecule has 2 rings (SSSR count). The monoisotopic (exact) mass is 311 g/mol. The fourth-order valence-corrected chi connectivity index (χ4v) is 2.34. The maximum atomic E-state index is 12.4. The number of carbonyl (C=O) groups is 1. The number of hydrogen-bond acceptors (Lipinski definition) is 2. The molecule has 0 bridgehead atoms. The highest BCUT2D eigenvalue weighted by Gasteiger charge is 2.18. The summed E-state index contributed by atoms with van der Waals surface area (Å²) < 4.78 is 5.76. The third kappa shape index (κ3) is 5.44. The van der Waals surface area contributed by atoms with Gasteiger partial charge >= 0.3 is 0 Å². The van der Waals surface area contributed by atoms with E-state index in [9.17, 15) is 4.79 Å². The minimum Gasteiger partial charge on any atom is -0.481 e. The Balaban J connectivity index is 1.93. The van der Waals surface area contributed by atoms with Crippen LogP contribution in [0.5, 0.6) is 5.75 Å². The summed E-state index contributed by atoms with van der Waals surface area (Å²) in [6, 6.07) is 17.5. The second kappa shape index (κ2) is 8.99. The Morgan fingerprint density at radius 2 is 1.74 bits per heavy atom. The van der Waals surface area contributed by atoms with Gasteiger partial charge in [-0.3, -0.25) is 4.79 Å². The van der Waals surface area contributed by atoms with Crippen molar-refractivity contribution in [1.82, 2.24) is 0 Å². The zero-order valence-corrected chi connectivity index (χ0v) is 13.9. The van der Waals surface area contributed by atoms with Gasteiger partial charge in [0.05, 0.1) is 0 Å². The molecule has 0 aromatic heterocycles. The van der Waals surface area contributed by atoms with Crippen LogP contribution in [0.15, 0.2) is 54.6 Å². The number of para-hydroxylation sites is 1. The fourth-order valence-electron chi connectivity index (χ4n) is 2.34. The molecule has 0 aliphatic rings. The first-order valence-corrected chi connectivity index (χ1v) is 8.34. The highest BCUT2D eigenvalue weighted by molar-refractivity contribution is 5.94. The first-order valence-electron chi connectivity index (χ1n) is 8.34. The van der Waals surface area contributed by atoms with Crippen molar-refractivity contribution in [2.24, 2.45) is 0 Å². The zero-order chi connectivity index (χ0) is 16.5. The lowest BCUT2D eigenvalue weighted by molar-refractivity contribution is -0.122. The van der Waals surface area contributed by atoms with E-state index >= 15 is 0 Å². The molecule has 2 aromatic carbocycles. The number of ether oxygens (including phenoxy) is 1. The molecule has 23 heavy (non-hydrogen) atoms. The van der Waals surface area contributed by atoms with Gasteiger partial charge in [0, 0.05) is 5.69 Å². The van der Waals surface area contributed by atoms with Gasteiger partial charge in [-0.25, -0.2) is 0 Å². The summed E-state index contributed by atoms with van der Waals surface area (Å²) >= 11 is 0. The second-order valence-corrected chi connectivity index (χ2v) is 5.62. The summed E-state index contributed by atoms with van der Waals surface area (Å²) in [6.07, 6.45) is 3.59. The van der Waals surface area contributed by atoms with E-state index in [0.717, 1.165) is 12.1 Å². The first kappa shape index (κ1) is 17.1. The topological polar surface area (TPSA) is 38.3 Å². The van der Waals surface area contributed by atoms with Crippen molar-refractivity contribution in [3.8, 4) is 5.75 Å². The largest absolute Gasteiger partial charge is 0.481 e. The third-order valence-corrected chi connectivity index (χ3v) is 3.73. The van der Waals surface area contributed by atoms with Gasteiger partial charge in [0.2, 0.25) is 0 Å². The fraction of sp³-hybridized carbons (Fsp3) is 0.350. The summed E-state index contributed by atoms with van der Waals surface area (Å²) in [5.41, 5.74) is 2.11. The number of aryl methyl sites for hydroxylation is 1. The summed E-state index contributed by atoms with van der Waals surface area (Å²) in [6.45, 7) is 4.13. The smallest absolute Gasteiger partial charge is 0.265 e. The van der Waals surface area contributed by atoms with E-state index in [1.807, 2.05) is 49.4 Å². The first-order chi connectivity index (χ1) is 11.2. The van der Waals surface area contributed by atoms with E-state index in [2.05, 4.69) is 24.4 Å². The quantitative estimate of drug-likeness (QED) is 0.758. The molecule has 0 heterocycles.